The average Bonchev–Trinajstić information content (AvgIpc) is 2.37. The lowest BCUT2D eigenvalue weighted by Gasteiger charge is -2.27. The number of amides is 1. The van der Waals surface area contributed by atoms with Crippen LogP contribution in [0.2, 0.25) is 0 Å². The lowest BCUT2D eigenvalue weighted by Crippen LogP contribution is -2.43. The molecule has 1 saturated heterocycles. The summed E-state index contributed by atoms with van der Waals surface area (Å²) in [6.45, 7) is 4.27. The fourth-order valence-corrected chi connectivity index (χ4v) is 1.46. The first-order chi connectivity index (χ1) is 8.19. The van der Waals surface area contributed by atoms with Gasteiger partial charge in [0.15, 0.2) is 6.10 Å². The highest BCUT2D eigenvalue weighted by Crippen LogP contribution is 2.14. The van der Waals surface area contributed by atoms with Crippen molar-refractivity contribution in [2.45, 2.75) is 38.6 Å². The maximum atomic E-state index is 13.4. The second kappa shape index (κ2) is 5.51. The molecule has 7 heteroatoms. The van der Waals surface area contributed by atoms with Crippen molar-refractivity contribution in [3.63, 3.8) is 0 Å². The molecule has 1 heterocycles. The smallest absolute Gasteiger partial charge is 0.410 e. The van der Waals surface area contributed by atoms with E-state index in [1.54, 1.807) is 20.8 Å². The number of rotatable bonds is 1. The molecule has 0 aromatic rings. The molecule has 0 aromatic heterocycles. The van der Waals surface area contributed by atoms with E-state index in [0.29, 0.717) is 0 Å². The molecular formula is C11H18FNO5. The number of halogens is 1. The zero-order valence-corrected chi connectivity index (χ0v) is 10.7. The van der Waals surface area contributed by atoms with Crippen molar-refractivity contribution < 1.29 is 28.6 Å². The number of carbonyl (C=O) groups excluding carboxylic acids is 1. The van der Waals surface area contributed by atoms with Crippen molar-refractivity contribution in [2.75, 3.05) is 19.7 Å². The minimum absolute atomic E-state index is 0.218. The van der Waals surface area contributed by atoms with Gasteiger partial charge in [-0.2, -0.15) is 0 Å². The summed E-state index contributed by atoms with van der Waals surface area (Å²) in [6.07, 6.45) is -3.37. The SMILES string of the molecule is CC(C)(C)OC(=O)N1C[C@H](F)CO[C@H](C(=O)O)C1. The molecule has 0 aliphatic carbocycles. The van der Waals surface area contributed by atoms with Crippen LogP contribution in [-0.4, -0.2) is 59.6 Å². The quantitative estimate of drug-likeness (QED) is 0.765. The summed E-state index contributed by atoms with van der Waals surface area (Å²) >= 11 is 0. The van der Waals surface area contributed by atoms with Crippen LogP contribution < -0.4 is 0 Å². The zero-order chi connectivity index (χ0) is 13.9. The Bertz CT molecular complexity index is 328. The highest BCUT2D eigenvalue weighted by Gasteiger charge is 2.33. The van der Waals surface area contributed by atoms with E-state index in [1.165, 1.54) is 0 Å². The third-order valence-corrected chi connectivity index (χ3v) is 2.21. The Labute approximate surface area is 105 Å². The van der Waals surface area contributed by atoms with E-state index in [9.17, 15) is 14.0 Å². The van der Waals surface area contributed by atoms with Gasteiger partial charge in [-0.1, -0.05) is 0 Å². The van der Waals surface area contributed by atoms with Crippen molar-refractivity contribution in [3.05, 3.63) is 0 Å². The van der Waals surface area contributed by atoms with E-state index >= 15 is 0 Å². The first kappa shape index (κ1) is 14.7. The normalized spacial score (nSPS) is 25.4. The number of ether oxygens (including phenoxy) is 2. The predicted molar refractivity (Wildman–Crippen MR) is 60.1 cm³/mol. The first-order valence-electron chi connectivity index (χ1n) is 5.65. The van der Waals surface area contributed by atoms with Crippen LogP contribution in [0, 0.1) is 0 Å². The van der Waals surface area contributed by atoms with Gasteiger partial charge in [0.1, 0.15) is 11.8 Å². The van der Waals surface area contributed by atoms with Gasteiger partial charge in [-0.25, -0.2) is 14.0 Å². The van der Waals surface area contributed by atoms with Crippen molar-refractivity contribution in [1.82, 2.24) is 4.90 Å². The van der Waals surface area contributed by atoms with Gasteiger partial charge in [-0.3, -0.25) is 0 Å². The standard InChI is InChI=1S/C11H18FNO5/c1-11(2,3)18-10(16)13-4-7(12)6-17-8(5-13)9(14)15/h7-8H,4-6H2,1-3H3,(H,14,15)/t7-,8-/m0/s1. The van der Waals surface area contributed by atoms with Gasteiger partial charge in [-0.15, -0.1) is 0 Å². The van der Waals surface area contributed by atoms with Crippen LogP contribution in [0.15, 0.2) is 0 Å². The Kier molecular flexibility index (Phi) is 4.50. The molecule has 104 valence electrons. The number of hydrogen-bond acceptors (Lipinski definition) is 4. The summed E-state index contributed by atoms with van der Waals surface area (Å²) in [7, 11) is 0. The molecule has 1 rings (SSSR count). The topological polar surface area (TPSA) is 76.1 Å². The molecule has 1 N–H and O–H groups in total. The third kappa shape index (κ3) is 4.48. The maximum Gasteiger partial charge on any atom is 0.410 e. The highest BCUT2D eigenvalue weighted by atomic mass is 19.1. The second-order valence-electron chi connectivity index (χ2n) is 5.14. The summed E-state index contributed by atoms with van der Waals surface area (Å²) in [6, 6.07) is 0. The van der Waals surface area contributed by atoms with Crippen LogP contribution in [0.25, 0.3) is 0 Å². The Balaban J connectivity index is 2.72. The molecular weight excluding hydrogens is 245 g/mol. The van der Waals surface area contributed by atoms with Gasteiger partial charge in [0.05, 0.1) is 19.7 Å². The molecule has 1 fully saturated rings. The lowest BCUT2D eigenvalue weighted by molar-refractivity contribution is -0.150. The van der Waals surface area contributed by atoms with E-state index in [0.717, 1.165) is 4.90 Å². The molecule has 6 nitrogen and oxygen atoms in total. The Morgan fingerprint density at radius 3 is 2.50 bits per heavy atom. The second-order valence-corrected chi connectivity index (χ2v) is 5.14. The Morgan fingerprint density at radius 2 is 2.00 bits per heavy atom. The van der Waals surface area contributed by atoms with E-state index < -0.39 is 29.9 Å². The minimum Gasteiger partial charge on any atom is -0.479 e. The summed E-state index contributed by atoms with van der Waals surface area (Å²) < 4.78 is 23.3. The molecule has 0 bridgehead atoms. The molecule has 0 unspecified atom stereocenters. The molecule has 1 amide bonds. The number of carbonyl (C=O) groups is 2. The molecule has 18 heavy (non-hydrogen) atoms. The molecule has 1 aliphatic heterocycles. The van der Waals surface area contributed by atoms with Gasteiger partial charge in [0, 0.05) is 0 Å². The van der Waals surface area contributed by atoms with Gasteiger partial charge in [0.2, 0.25) is 0 Å². The molecule has 0 radical (unpaired) electrons. The van der Waals surface area contributed by atoms with E-state index in [2.05, 4.69) is 0 Å². The third-order valence-electron chi connectivity index (χ3n) is 2.21. The van der Waals surface area contributed by atoms with Gasteiger partial charge in [-0.05, 0) is 20.8 Å². The summed E-state index contributed by atoms with van der Waals surface area (Å²) in [4.78, 5) is 23.6. The van der Waals surface area contributed by atoms with Crippen LogP contribution in [0.3, 0.4) is 0 Å². The van der Waals surface area contributed by atoms with Crippen LogP contribution in [0.5, 0.6) is 0 Å². The number of carboxylic acid groups (broad SMARTS) is 1. The average molecular weight is 263 g/mol. The molecule has 0 aromatic carbocycles. The summed E-state index contributed by atoms with van der Waals surface area (Å²) in [5, 5.41) is 8.86. The van der Waals surface area contributed by atoms with E-state index in [1.807, 2.05) is 0 Å². The number of aliphatic carboxylic acids is 1. The van der Waals surface area contributed by atoms with Crippen LogP contribution in [0.1, 0.15) is 20.8 Å². The first-order valence-corrected chi connectivity index (χ1v) is 5.65. The Hall–Kier alpha value is -1.37. The fourth-order valence-electron chi connectivity index (χ4n) is 1.46. The van der Waals surface area contributed by atoms with E-state index in [4.69, 9.17) is 14.6 Å². The summed E-state index contributed by atoms with van der Waals surface area (Å²) in [5.74, 6) is -1.22. The lowest BCUT2D eigenvalue weighted by atomic mass is 10.2. The molecule has 2 atom stereocenters. The van der Waals surface area contributed by atoms with Crippen molar-refractivity contribution in [1.29, 1.82) is 0 Å². The molecule has 1 aliphatic rings. The van der Waals surface area contributed by atoms with Crippen molar-refractivity contribution in [3.8, 4) is 0 Å². The monoisotopic (exact) mass is 263 g/mol. The number of nitrogens with zero attached hydrogens (tertiary/aromatic N) is 1. The minimum atomic E-state index is -1.41. The maximum absolute atomic E-state index is 13.4. The number of carboxylic acids is 1. The largest absolute Gasteiger partial charge is 0.479 e. The molecule has 0 spiro atoms. The predicted octanol–water partition coefficient (Wildman–Crippen LogP) is 1.05. The summed E-state index contributed by atoms with van der Waals surface area (Å²) in [5.41, 5.74) is -0.714. The van der Waals surface area contributed by atoms with Crippen molar-refractivity contribution in [2.24, 2.45) is 0 Å². The van der Waals surface area contributed by atoms with E-state index in [-0.39, 0.29) is 19.7 Å². The highest BCUT2D eigenvalue weighted by molar-refractivity contribution is 5.74. The number of alkyl halides is 1. The van der Waals surface area contributed by atoms with Gasteiger partial charge in [0.25, 0.3) is 0 Å². The van der Waals surface area contributed by atoms with Crippen LogP contribution in [0.4, 0.5) is 9.18 Å². The van der Waals surface area contributed by atoms with Crippen molar-refractivity contribution >= 4 is 12.1 Å². The number of hydrogen-bond donors (Lipinski definition) is 1. The Morgan fingerprint density at radius 1 is 1.39 bits per heavy atom. The van der Waals surface area contributed by atoms with Crippen LogP contribution >= 0.6 is 0 Å². The van der Waals surface area contributed by atoms with Crippen LogP contribution in [-0.2, 0) is 14.3 Å². The fraction of sp³-hybridized carbons (Fsp3) is 0.818. The van der Waals surface area contributed by atoms with Gasteiger partial charge < -0.3 is 19.5 Å². The zero-order valence-electron chi connectivity index (χ0n) is 10.7. The molecule has 0 saturated carbocycles. The van der Waals surface area contributed by atoms with Gasteiger partial charge >= 0.3 is 12.1 Å².